The second-order valence-corrected chi connectivity index (χ2v) is 8.14. The van der Waals surface area contributed by atoms with Crippen molar-refractivity contribution in [1.29, 1.82) is 5.26 Å². The molecular formula is C29H16N2. The maximum atomic E-state index is 9.18. The van der Waals surface area contributed by atoms with Crippen LogP contribution < -0.4 is 0 Å². The monoisotopic (exact) mass is 392 g/mol. The molecule has 0 fully saturated rings. The second-order valence-electron chi connectivity index (χ2n) is 8.14. The van der Waals surface area contributed by atoms with Crippen LogP contribution in [0.3, 0.4) is 0 Å². The molecule has 0 unspecified atom stereocenters. The van der Waals surface area contributed by atoms with Gasteiger partial charge in [0.15, 0.2) is 0 Å². The van der Waals surface area contributed by atoms with Gasteiger partial charge < -0.3 is 4.40 Å². The lowest BCUT2D eigenvalue weighted by atomic mass is 9.97. The molecule has 0 aliphatic rings. The lowest BCUT2D eigenvalue weighted by Crippen LogP contribution is -1.81. The Hall–Kier alpha value is -4.35. The SMILES string of the molecule is N#Cc1ccc(-c2cc3c4ccccc4n4c5ccc6ccccc6c5c(c2)c34)cc1. The lowest BCUT2D eigenvalue weighted by molar-refractivity contribution is 1.37. The van der Waals surface area contributed by atoms with E-state index < -0.39 is 0 Å². The van der Waals surface area contributed by atoms with Gasteiger partial charge in [-0.25, -0.2) is 0 Å². The van der Waals surface area contributed by atoms with Crippen LogP contribution in [-0.4, -0.2) is 4.40 Å². The maximum absolute atomic E-state index is 9.18. The molecule has 0 spiro atoms. The second kappa shape index (κ2) is 5.84. The molecule has 7 aromatic rings. The van der Waals surface area contributed by atoms with Gasteiger partial charge in [-0.3, -0.25) is 0 Å². The van der Waals surface area contributed by atoms with Gasteiger partial charge in [-0.1, -0.05) is 60.7 Å². The Kier molecular flexibility index (Phi) is 3.10. The standard InChI is InChI=1S/C29H16N2/c30-17-18-9-11-19(12-10-18)21-15-24-23-7-3-4-8-26(23)31-27-14-13-20-5-1-2-6-22(20)28(27)25(16-21)29(24)31/h1-16H. The van der Waals surface area contributed by atoms with Gasteiger partial charge in [0.25, 0.3) is 0 Å². The number of aromatic nitrogens is 1. The van der Waals surface area contributed by atoms with Gasteiger partial charge in [-0.2, -0.15) is 5.26 Å². The number of nitriles is 1. The number of para-hydroxylation sites is 1. The average Bonchev–Trinajstić information content (AvgIpc) is 3.35. The molecule has 7 rings (SSSR count). The molecule has 0 radical (unpaired) electrons. The minimum atomic E-state index is 0.683. The van der Waals surface area contributed by atoms with E-state index in [0.717, 1.165) is 5.56 Å². The van der Waals surface area contributed by atoms with Gasteiger partial charge >= 0.3 is 0 Å². The zero-order valence-corrected chi connectivity index (χ0v) is 16.6. The Morgan fingerprint density at radius 3 is 2.16 bits per heavy atom. The van der Waals surface area contributed by atoms with E-state index in [1.54, 1.807) is 0 Å². The minimum absolute atomic E-state index is 0.683. The summed E-state index contributed by atoms with van der Waals surface area (Å²) >= 11 is 0. The van der Waals surface area contributed by atoms with Crippen molar-refractivity contribution in [2.24, 2.45) is 0 Å². The van der Waals surface area contributed by atoms with Crippen LogP contribution in [0.2, 0.25) is 0 Å². The Labute approximate surface area is 178 Å². The van der Waals surface area contributed by atoms with E-state index in [0.29, 0.717) is 5.56 Å². The van der Waals surface area contributed by atoms with E-state index in [1.807, 2.05) is 24.3 Å². The smallest absolute Gasteiger partial charge is 0.0991 e. The summed E-state index contributed by atoms with van der Waals surface area (Å²) in [6, 6.07) is 36.5. The predicted molar refractivity (Wildman–Crippen MR) is 129 cm³/mol. The molecule has 2 nitrogen and oxygen atoms in total. The molecule has 0 aliphatic carbocycles. The quantitative estimate of drug-likeness (QED) is 0.284. The van der Waals surface area contributed by atoms with E-state index in [2.05, 4.69) is 83.3 Å². The highest BCUT2D eigenvalue weighted by Crippen LogP contribution is 2.43. The third-order valence-electron chi connectivity index (χ3n) is 6.53. The van der Waals surface area contributed by atoms with E-state index in [9.17, 15) is 5.26 Å². The zero-order valence-electron chi connectivity index (χ0n) is 16.6. The summed E-state index contributed by atoms with van der Waals surface area (Å²) in [6.45, 7) is 0. The van der Waals surface area contributed by atoms with E-state index in [1.165, 1.54) is 54.4 Å². The first-order chi connectivity index (χ1) is 15.3. The van der Waals surface area contributed by atoms with Gasteiger partial charge in [0.1, 0.15) is 0 Å². The van der Waals surface area contributed by atoms with Crippen LogP contribution >= 0.6 is 0 Å². The molecular weight excluding hydrogens is 376 g/mol. The molecule has 2 heteroatoms. The number of fused-ring (bicyclic) bond motifs is 8. The Bertz CT molecular complexity index is 1830. The Balaban J connectivity index is 1.73. The summed E-state index contributed by atoms with van der Waals surface area (Å²) in [4.78, 5) is 0. The van der Waals surface area contributed by atoms with Gasteiger partial charge in [-0.15, -0.1) is 0 Å². The molecule has 0 amide bonds. The third-order valence-corrected chi connectivity index (χ3v) is 6.53. The van der Waals surface area contributed by atoms with Crippen LogP contribution in [0.4, 0.5) is 0 Å². The van der Waals surface area contributed by atoms with E-state index >= 15 is 0 Å². The van der Waals surface area contributed by atoms with Crippen molar-refractivity contribution in [3.63, 3.8) is 0 Å². The summed E-state index contributed by atoms with van der Waals surface area (Å²) in [5.41, 5.74) is 6.76. The van der Waals surface area contributed by atoms with E-state index in [-0.39, 0.29) is 0 Å². The summed E-state index contributed by atoms with van der Waals surface area (Å²) in [5.74, 6) is 0. The maximum Gasteiger partial charge on any atom is 0.0991 e. The molecule has 0 bridgehead atoms. The molecule has 142 valence electrons. The van der Waals surface area contributed by atoms with Crippen molar-refractivity contribution in [2.45, 2.75) is 0 Å². The molecule has 0 atom stereocenters. The first kappa shape index (κ1) is 16.4. The van der Waals surface area contributed by atoms with Crippen LogP contribution in [0.1, 0.15) is 5.56 Å². The molecule has 0 aliphatic heterocycles. The first-order valence-electron chi connectivity index (χ1n) is 10.4. The molecule has 2 aromatic heterocycles. The van der Waals surface area contributed by atoms with Gasteiger partial charge in [-0.05, 0) is 58.3 Å². The summed E-state index contributed by atoms with van der Waals surface area (Å²) < 4.78 is 2.42. The van der Waals surface area contributed by atoms with Crippen LogP contribution in [0.25, 0.3) is 60.0 Å². The highest BCUT2D eigenvalue weighted by Gasteiger charge is 2.19. The summed E-state index contributed by atoms with van der Waals surface area (Å²) in [5, 5.41) is 16.8. The topological polar surface area (TPSA) is 28.2 Å². The van der Waals surface area contributed by atoms with Gasteiger partial charge in [0, 0.05) is 21.5 Å². The van der Waals surface area contributed by atoms with Crippen LogP contribution in [-0.2, 0) is 0 Å². The van der Waals surface area contributed by atoms with Crippen LogP contribution in [0, 0.1) is 11.3 Å². The third kappa shape index (κ3) is 2.10. The fraction of sp³-hybridized carbons (Fsp3) is 0. The molecule has 2 heterocycles. The number of hydrogen-bond donors (Lipinski definition) is 0. The normalized spacial score (nSPS) is 11.8. The summed E-state index contributed by atoms with van der Waals surface area (Å²) in [6.07, 6.45) is 0. The highest BCUT2D eigenvalue weighted by molar-refractivity contribution is 6.29. The van der Waals surface area contributed by atoms with Gasteiger partial charge in [0.2, 0.25) is 0 Å². The molecule has 0 saturated carbocycles. The van der Waals surface area contributed by atoms with Crippen LogP contribution in [0.15, 0.2) is 97.1 Å². The highest BCUT2D eigenvalue weighted by atomic mass is 14.9. The Morgan fingerprint density at radius 2 is 1.32 bits per heavy atom. The van der Waals surface area contributed by atoms with Crippen molar-refractivity contribution in [3.8, 4) is 17.2 Å². The van der Waals surface area contributed by atoms with Gasteiger partial charge in [0.05, 0.1) is 28.2 Å². The van der Waals surface area contributed by atoms with Crippen molar-refractivity contribution in [1.82, 2.24) is 4.40 Å². The molecule has 0 saturated heterocycles. The number of nitrogens with zero attached hydrogens (tertiary/aromatic N) is 2. The molecule has 5 aromatic carbocycles. The first-order valence-corrected chi connectivity index (χ1v) is 10.4. The average molecular weight is 392 g/mol. The molecule has 31 heavy (non-hydrogen) atoms. The minimum Gasteiger partial charge on any atom is -0.308 e. The number of hydrogen-bond acceptors (Lipinski definition) is 1. The zero-order chi connectivity index (χ0) is 20.5. The lowest BCUT2D eigenvalue weighted by Gasteiger charge is -2.05. The fourth-order valence-electron chi connectivity index (χ4n) is 5.17. The van der Waals surface area contributed by atoms with Crippen molar-refractivity contribution in [2.75, 3.05) is 0 Å². The summed E-state index contributed by atoms with van der Waals surface area (Å²) in [7, 11) is 0. The Morgan fingerprint density at radius 1 is 0.581 bits per heavy atom. The predicted octanol–water partition coefficient (Wildman–Crippen LogP) is 7.53. The van der Waals surface area contributed by atoms with E-state index in [4.69, 9.17) is 0 Å². The van der Waals surface area contributed by atoms with Crippen molar-refractivity contribution >= 4 is 48.9 Å². The molecule has 0 N–H and O–H groups in total. The number of benzene rings is 5. The van der Waals surface area contributed by atoms with Crippen molar-refractivity contribution < 1.29 is 0 Å². The largest absolute Gasteiger partial charge is 0.308 e. The number of rotatable bonds is 1. The fourth-order valence-corrected chi connectivity index (χ4v) is 5.17. The van der Waals surface area contributed by atoms with Crippen LogP contribution in [0.5, 0.6) is 0 Å². The van der Waals surface area contributed by atoms with Crippen molar-refractivity contribution in [3.05, 3.63) is 103 Å².